The quantitative estimate of drug-likeness (QED) is 0.792. The van der Waals surface area contributed by atoms with Crippen molar-refractivity contribution >= 4 is 0 Å². The van der Waals surface area contributed by atoms with E-state index in [2.05, 4.69) is 24.2 Å². The molecule has 2 heteroatoms. The zero-order valence-electron chi connectivity index (χ0n) is 11.8. The molecular weight excluding hydrogens is 208 g/mol. The average molecular weight is 238 g/mol. The predicted molar refractivity (Wildman–Crippen MR) is 74.3 cm³/mol. The summed E-state index contributed by atoms with van der Waals surface area (Å²) in [6.07, 6.45) is 10.1. The number of rotatable bonds is 5. The van der Waals surface area contributed by atoms with Gasteiger partial charge in [0.2, 0.25) is 0 Å². The normalized spacial score (nSPS) is 35.3. The van der Waals surface area contributed by atoms with Gasteiger partial charge in [-0.05, 0) is 70.6 Å². The molecule has 0 bridgehead atoms. The Labute approximate surface area is 107 Å². The molecule has 3 unspecified atom stereocenters. The smallest absolute Gasteiger partial charge is 0.0136 e. The third-order valence-corrected chi connectivity index (χ3v) is 4.89. The fraction of sp³-hybridized carbons (Fsp3) is 1.00. The highest BCUT2D eigenvalue weighted by molar-refractivity contribution is 4.90. The Morgan fingerprint density at radius 2 is 2.00 bits per heavy atom. The van der Waals surface area contributed by atoms with E-state index in [0.29, 0.717) is 0 Å². The van der Waals surface area contributed by atoms with Crippen LogP contribution in [0.1, 0.15) is 51.9 Å². The standard InChI is InChI=1S/C15H30N2/c1-3-5-13-6-4-10-17(11-9-13)15-8-7-14(15)12-16-2/h13-16H,3-12H2,1-2H3. The van der Waals surface area contributed by atoms with Gasteiger partial charge in [0.1, 0.15) is 0 Å². The Balaban J connectivity index is 1.78. The van der Waals surface area contributed by atoms with Crippen LogP contribution in [0.2, 0.25) is 0 Å². The van der Waals surface area contributed by atoms with Crippen LogP contribution < -0.4 is 5.32 Å². The first-order chi connectivity index (χ1) is 8.35. The van der Waals surface area contributed by atoms with Gasteiger partial charge in [0, 0.05) is 6.04 Å². The molecule has 2 aliphatic rings. The predicted octanol–water partition coefficient (Wildman–Crippen LogP) is 2.89. The Hall–Kier alpha value is -0.0800. The van der Waals surface area contributed by atoms with Crippen molar-refractivity contribution in [1.29, 1.82) is 0 Å². The summed E-state index contributed by atoms with van der Waals surface area (Å²) < 4.78 is 0. The topological polar surface area (TPSA) is 15.3 Å². The van der Waals surface area contributed by atoms with Crippen molar-refractivity contribution in [2.75, 3.05) is 26.7 Å². The first-order valence-corrected chi connectivity index (χ1v) is 7.73. The van der Waals surface area contributed by atoms with Gasteiger partial charge in [0.05, 0.1) is 0 Å². The van der Waals surface area contributed by atoms with E-state index in [1.807, 2.05) is 0 Å². The fourth-order valence-electron chi connectivity index (χ4n) is 3.75. The number of hydrogen-bond acceptors (Lipinski definition) is 2. The lowest BCUT2D eigenvalue weighted by molar-refractivity contribution is 0.0648. The van der Waals surface area contributed by atoms with Gasteiger partial charge >= 0.3 is 0 Å². The van der Waals surface area contributed by atoms with Crippen LogP contribution in [0.15, 0.2) is 0 Å². The maximum atomic E-state index is 3.36. The first-order valence-electron chi connectivity index (χ1n) is 7.73. The molecular formula is C15H30N2. The highest BCUT2D eigenvalue weighted by atomic mass is 15.2. The number of nitrogens with one attached hydrogen (secondary N) is 1. The third-order valence-electron chi connectivity index (χ3n) is 4.89. The van der Waals surface area contributed by atoms with Gasteiger partial charge in [-0.2, -0.15) is 0 Å². The molecule has 0 radical (unpaired) electrons. The number of nitrogens with zero attached hydrogens (tertiary/aromatic N) is 1. The van der Waals surface area contributed by atoms with Gasteiger partial charge in [-0.3, -0.25) is 0 Å². The van der Waals surface area contributed by atoms with Crippen LogP contribution in [0, 0.1) is 11.8 Å². The van der Waals surface area contributed by atoms with Gasteiger partial charge in [0.25, 0.3) is 0 Å². The summed E-state index contributed by atoms with van der Waals surface area (Å²) in [7, 11) is 2.09. The van der Waals surface area contributed by atoms with E-state index in [1.54, 1.807) is 0 Å². The minimum atomic E-state index is 0.905. The average Bonchev–Trinajstić information content (AvgIpc) is 2.51. The summed E-state index contributed by atoms with van der Waals surface area (Å²) in [5, 5.41) is 3.36. The Morgan fingerprint density at radius 1 is 1.12 bits per heavy atom. The molecule has 0 aromatic rings. The van der Waals surface area contributed by atoms with Crippen molar-refractivity contribution < 1.29 is 0 Å². The molecule has 0 aromatic heterocycles. The van der Waals surface area contributed by atoms with Gasteiger partial charge < -0.3 is 10.2 Å². The maximum Gasteiger partial charge on any atom is 0.0136 e. The van der Waals surface area contributed by atoms with Crippen LogP contribution in [0.5, 0.6) is 0 Å². The van der Waals surface area contributed by atoms with E-state index < -0.39 is 0 Å². The summed E-state index contributed by atoms with van der Waals surface area (Å²) in [6, 6.07) is 0.905. The molecule has 3 atom stereocenters. The van der Waals surface area contributed by atoms with Crippen LogP contribution in [-0.2, 0) is 0 Å². The molecule has 1 saturated heterocycles. The molecule has 1 aliphatic heterocycles. The highest BCUT2D eigenvalue weighted by Crippen LogP contribution is 2.34. The number of hydrogen-bond donors (Lipinski definition) is 1. The van der Waals surface area contributed by atoms with Crippen molar-refractivity contribution in [3.8, 4) is 0 Å². The summed E-state index contributed by atoms with van der Waals surface area (Å²) in [5.74, 6) is 1.95. The molecule has 2 rings (SSSR count). The SMILES string of the molecule is CCCC1CCCN(C2CCC2CNC)CC1. The summed E-state index contributed by atoms with van der Waals surface area (Å²) in [4.78, 5) is 2.81. The largest absolute Gasteiger partial charge is 0.319 e. The van der Waals surface area contributed by atoms with Gasteiger partial charge in [-0.15, -0.1) is 0 Å². The van der Waals surface area contributed by atoms with Gasteiger partial charge in [-0.25, -0.2) is 0 Å². The Bertz CT molecular complexity index is 217. The second-order valence-corrected chi connectivity index (χ2v) is 6.08. The Morgan fingerprint density at radius 3 is 2.65 bits per heavy atom. The van der Waals surface area contributed by atoms with E-state index in [0.717, 1.165) is 17.9 Å². The summed E-state index contributed by atoms with van der Waals surface area (Å²) >= 11 is 0. The molecule has 1 N–H and O–H groups in total. The lowest BCUT2D eigenvalue weighted by atomic mass is 9.78. The molecule has 17 heavy (non-hydrogen) atoms. The number of likely N-dealkylation sites (tertiary alicyclic amines) is 1. The van der Waals surface area contributed by atoms with Crippen LogP contribution >= 0.6 is 0 Å². The van der Waals surface area contributed by atoms with Crippen LogP contribution in [0.4, 0.5) is 0 Å². The second-order valence-electron chi connectivity index (χ2n) is 6.08. The molecule has 0 aromatic carbocycles. The summed E-state index contributed by atoms with van der Waals surface area (Å²) in [5.41, 5.74) is 0. The minimum Gasteiger partial charge on any atom is -0.319 e. The van der Waals surface area contributed by atoms with Crippen LogP contribution in [0.3, 0.4) is 0 Å². The van der Waals surface area contributed by atoms with E-state index in [1.165, 1.54) is 64.6 Å². The summed E-state index contributed by atoms with van der Waals surface area (Å²) in [6.45, 7) is 6.29. The molecule has 1 saturated carbocycles. The third kappa shape index (κ3) is 3.45. The molecule has 1 aliphatic carbocycles. The molecule has 2 fully saturated rings. The molecule has 1 heterocycles. The van der Waals surface area contributed by atoms with Gasteiger partial charge in [0.15, 0.2) is 0 Å². The van der Waals surface area contributed by atoms with E-state index in [4.69, 9.17) is 0 Å². The lowest BCUT2D eigenvalue weighted by Gasteiger charge is -2.44. The molecule has 0 spiro atoms. The first kappa shape index (κ1) is 13.4. The van der Waals surface area contributed by atoms with Crippen LogP contribution in [0.25, 0.3) is 0 Å². The zero-order chi connectivity index (χ0) is 12.1. The highest BCUT2D eigenvalue weighted by Gasteiger charge is 2.35. The second kappa shape index (κ2) is 6.75. The van der Waals surface area contributed by atoms with Crippen molar-refractivity contribution in [3.05, 3.63) is 0 Å². The van der Waals surface area contributed by atoms with Crippen molar-refractivity contribution in [3.63, 3.8) is 0 Å². The maximum absolute atomic E-state index is 3.36. The molecule has 0 amide bonds. The lowest BCUT2D eigenvalue weighted by Crippen LogP contribution is -2.50. The molecule has 100 valence electrons. The van der Waals surface area contributed by atoms with E-state index in [9.17, 15) is 0 Å². The molecule has 2 nitrogen and oxygen atoms in total. The van der Waals surface area contributed by atoms with Crippen molar-refractivity contribution in [2.45, 2.75) is 57.9 Å². The fourth-order valence-corrected chi connectivity index (χ4v) is 3.75. The minimum absolute atomic E-state index is 0.905. The van der Waals surface area contributed by atoms with Crippen molar-refractivity contribution in [2.24, 2.45) is 11.8 Å². The Kier molecular flexibility index (Phi) is 5.30. The van der Waals surface area contributed by atoms with Crippen LogP contribution in [-0.4, -0.2) is 37.6 Å². The zero-order valence-corrected chi connectivity index (χ0v) is 11.8. The van der Waals surface area contributed by atoms with Gasteiger partial charge in [-0.1, -0.05) is 19.8 Å². The van der Waals surface area contributed by atoms with E-state index in [-0.39, 0.29) is 0 Å². The van der Waals surface area contributed by atoms with Crippen molar-refractivity contribution in [1.82, 2.24) is 10.2 Å². The van der Waals surface area contributed by atoms with E-state index >= 15 is 0 Å². The monoisotopic (exact) mass is 238 g/mol.